The Morgan fingerprint density at radius 3 is 1.35 bits per heavy atom. The Morgan fingerprint density at radius 1 is 0.403 bits per heavy atom. The Morgan fingerprint density at radius 2 is 0.839 bits per heavy atom. The topological polar surface area (TPSA) is 52.9 Å². The fourth-order valence-corrected chi connectivity index (χ4v) is 8.62. The van der Waals surface area contributed by atoms with Crippen molar-refractivity contribution in [2.45, 2.75) is 6.18 Å². The zero-order valence-electron chi connectivity index (χ0n) is 32.7. The van der Waals surface area contributed by atoms with Gasteiger partial charge in [-0.05, 0) is 71.8 Å². The lowest BCUT2D eigenvalue weighted by Gasteiger charge is -2.18. The lowest BCUT2D eigenvalue weighted by molar-refractivity contribution is -0.137. The van der Waals surface area contributed by atoms with Crippen LogP contribution in [0.25, 0.3) is 105 Å². The van der Waals surface area contributed by atoms with Gasteiger partial charge >= 0.3 is 6.18 Å². The number of halogens is 3. The van der Waals surface area contributed by atoms with Gasteiger partial charge < -0.3 is 9.13 Å². The highest BCUT2D eigenvalue weighted by Crippen LogP contribution is 2.42. The summed E-state index contributed by atoms with van der Waals surface area (Å²) >= 11 is 0. The van der Waals surface area contributed by atoms with Gasteiger partial charge in [0.25, 0.3) is 0 Å². The first-order valence-corrected chi connectivity index (χ1v) is 20.0. The maximum atomic E-state index is 14.7. The summed E-state index contributed by atoms with van der Waals surface area (Å²) in [5, 5.41) is 3.95. The molecule has 0 bridgehead atoms. The molecule has 0 amide bonds. The van der Waals surface area contributed by atoms with Gasteiger partial charge in [-0.3, -0.25) is 0 Å². The molecule has 0 aliphatic rings. The van der Waals surface area contributed by atoms with Crippen LogP contribution in [0, 0.1) is 6.57 Å². The second-order valence-electron chi connectivity index (χ2n) is 15.0. The number of hydrogen-bond donors (Lipinski definition) is 0. The van der Waals surface area contributed by atoms with Crippen LogP contribution in [0.1, 0.15) is 5.56 Å². The van der Waals surface area contributed by atoms with Crippen LogP contribution in [0.15, 0.2) is 188 Å². The van der Waals surface area contributed by atoms with Crippen molar-refractivity contribution >= 4 is 49.3 Å². The Kier molecular flexibility index (Phi) is 8.55. The molecule has 8 aromatic carbocycles. The SMILES string of the molecule is [C-]#[N+]c1cccc(-c2ccc(-c3nc(-c4ccccc4)nc(-c4ccc(C(F)(F)F)cc4-n4c5ccccc5c5ccccc54)n3)c(-n3c4ccccc4c4ccccc43)c2)c1. The summed E-state index contributed by atoms with van der Waals surface area (Å²) in [6.45, 7) is 7.69. The van der Waals surface area contributed by atoms with E-state index in [4.69, 9.17) is 21.5 Å². The van der Waals surface area contributed by atoms with Gasteiger partial charge in [0, 0.05) is 38.2 Å². The van der Waals surface area contributed by atoms with E-state index in [1.165, 1.54) is 12.1 Å². The number of para-hydroxylation sites is 4. The van der Waals surface area contributed by atoms with Crippen LogP contribution in [-0.4, -0.2) is 24.1 Å². The molecule has 0 radical (unpaired) electrons. The zero-order chi connectivity index (χ0) is 42.0. The van der Waals surface area contributed by atoms with E-state index in [9.17, 15) is 13.2 Å². The van der Waals surface area contributed by atoms with Gasteiger partial charge in [-0.2, -0.15) is 13.2 Å². The van der Waals surface area contributed by atoms with Gasteiger partial charge in [-0.1, -0.05) is 127 Å². The summed E-state index contributed by atoms with van der Waals surface area (Å²) in [5.41, 5.74) is 7.77. The predicted octanol–water partition coefficient (Wildman–Crippen LogP) is 14.3. The summed E-state index contributed by atoms with van der Waals surface area (Å²) in [6, 6.07) is 58.7. The highest BCUT2D eigenvalue weighted by molar-refractivity contribution is 6.11. The molecule has 11 rings (SSSR count). The molecule has 0 saturated carbocycles. The normalized spacial score (nSPS) is 11.8. The average molecular weight is 809 g/mol. The van der Waals surface area contributed by atoms with E-state index in [1.807, 2.05) is 138 Å². The van der Waals surface area contributed by atoms with Gasteiger partial charge in [-0.15, -0.1) is 0 Å². The number of hydrogen-bond acceptors (Lipinski definition) is 3. The van der Waals surface area contributed by atoms with E-state index < -0.39 is 11.7 Å². The van der Waals surface area contributed by atoms with E-state index in [0.29, 0.717) is 34.0 Å². The molecule has 62 heavy (non-hydrogen) atoms. The smallest absolute Gasteiger partial charge is 0.308 e. The molecular formula is C53H31F3N6. The molecule has 0 unspecified atom stereocenters. The predicted molar refractivity (Wildman–Crippen MR) is 242 cm³/mol. The molecule has 0 fully saturated rings. The van der Waals surface area contributed by atoms with Crippen LogP contribution < -0.4 is 0 Å². The molecule has 3 aromatic heterocycles. The molecule has 0 aliphatic carbocycles. The second kappa shape index (κ2) is 14.4. The van der Waals surface area contributed by atoms with Crippen molar-refractivity contribution in [3.63, 3.8) is 0 Å². The van der Waals surface area contributed by atoms with E-state index in [2.05, 4.69) is 39.7 Å². The molecule has 0 N–H and O–H groups in total. The first-order chi connectivity index (χ1) is 30.3. The molecule has 0 aliphatic heterocycles. The third-order valence-electron chi connectivity index (χ3n) is 11.4. The second-order valence-corrected chi connectivity index (χ2v) is 15.0. The zero-order valence-corrected chi connectivity index (χ0v) is 32.7. The Balaban J connectivity index is 1.23. The third-order valence-corrected chi connectivity index (χ3v) is 11.4. The quantitative estimate of drug-likeness (QED) is 0.157. The molecule has 3 heterocycles. The third kappa shape index (κ3) is 6.08. The highest BCUT2D eigenvalue weighted by Gasteiger charge is 2.32. The Labute approximate surface area is 353 Å². The lowest BCUT2D eigenvalue weighted by Crippen LogP contribution is -2.09. The minimum absolute atomic E-state index is 0.210. The average Bonchev–Trinajstić information content (AvgIpc) is 3.84. The monoisotopic (exact) mass is 808 g/mol. The summed E-state index contributed by atoms with van der Waals surface area (Å²) in [6.07, 6.45) is -4.61. The number of benzene rings is 8. The lowest BCUT2D eigenvalue weighted by atomic mass is 10.0. The Hall–Kier alpha value is -8.35. The number of aromatic nitrogens is 5. The van der Waals surface area contributed by atoms with Crippen molar-refractivity contribution in [3.8, 4) is 56.7 Å². The van der Waals surface area contributed by atoms with E-state index in [1.54, 1.807) is 6.07 Å². The van der Waals surface area contributed by atoms with Crippen molar-refractivity contribution in [3.05, 3.63) is 205 Å². The number of nitrogens with zero attached hydrogens (tertiary/aromatic N) is 6. The summed E-state index contributed by atoms with van der Waals surface area (Å²) in [4.78, 5) is 19.1. The van der Waals surface area contributed by atoms with Crippen LogP contribution in [0.5, 0.6) is 0 Å². The maximum absolute atomic E-state index is 14.7. The van der Waals surface area contributed by atoms with E-state index in [-0.39, 0.29) is 11.5 Å². The van der Waals surface area contributed by atoms with Crippen molar-refractivity contribution in [1.29, 1.82) is 0 Å². The van der Waals surface area contributed by atoms with Crippen LogP contribution in [0.4, 0.5) is 18.9 Å². The summed E-state index contributed by atoms with van der Waals surface area (Å²) < 4.78 is 48.1. The first-order valence-electron chi connectivity index (χ1n) is 20.0. The molecule has 0 atom stereocenters. The van der Waals surface area contributed by atoms with Gasteiger partial charge in [-0.25, -0.2) is 19.8 Å². The van der Waals surface area contributed by atoms with Crippen LogP contribution in [0.3, 0.4) is 0 Å². The first kappa shape index (κ1) is 36.7. The van der Waals surface area contributed by atoms with Gasteiger partial charge in [0.2, 0.25) is 0 Å². The van der Waals surface area contributed by atoms with Crippen LogP contribution in [-0.2, 0) is 6.18 Å². The number of alkyl halides is 3. The molecular weight excluding hydrogens is 778 g/mol. The van der Waals surface area contributed by atoms with Crippen LogP contribution in [0.2, 0.25) is 0 Å². The standard InChI is InChI=1S/C53H31F3N6/c1-57-37-17-13-16-34(30-37)35-26-28-42(48(31-35)61-44-22-9-5-18-38(44)39-19-6-10-23-45(39)61)51-58-50(33-14-3-2-4-15-33)59-52(60-51)43-29-27-36(53(54,55)56)32-49(43)62-46-24-11-7-20-40(46)41-21-8-12-25-47(41)62/h2-32H. The molecule has 6 nitrogen and oxygen atoms in total. The number of fused-ring (bicyclic) bond motifs is 6. The van der Waals surface area contributed by atoms with Crippen molar-refractivity contribution in [1.82, 2.24) is 24.1 Å². The molecule has 0 saturated heterocycles. The summed E-state index contributed by atoms with van der Waals surface area (Å²) in [7, 11) is 0. The maximum Gasteiger partial charge on any atom is 0.416 e. The van der Waals surface area contributed by atoms with Gasteiger partial charge in [0.1, 0.15) is 0 Å². The largest absolute Gasteiger partial charge is 0.416 e. The highest BCUT2D eigenvalue weighted by atomic mass is 19.4. The van der Waals surface area contributed by atoms with Gasteiger partial charge in [0.05, 0.1) is 45.6 Å². The van der Waals surface area contributed by atoms with Gasteiger partial charge in [0.15, 0.2) is 23.2 Å². The van der Waals surface area contributed by atoms with Crippen molar-refractivity contribution in [2.24, 2.45) is 0 Å². The Bertz CT molecular complexity index is 3490. The molecule has 294 valence electrons. The van der Waals surface area contributed by atoms with E-state index in [0.717, 1.165) is 66.5 Å². The minimum Gasteiger partial charge on any atom is -0.308 e. The fraction of sp³-hybridized carbons (Fsp3) is 0.0189. The molecule has 0 spiro atoms. The minimum atomic E-state index is -4.61. The van der Waals surface area contributed by atoms with Crippen LogP contribution >= 0.6 is 0 Å². The van der Waals surface area contributed by atoms with Crippen molar-refractivity contribution < 1.29 is 13.2 Å². The molecule has 9 heteroatoms. The number of rotatable bonds is 6. The van der Waals surface area contributed by atoms with E-state index >= 15 is 0 Å². The molecule has 11 aromatic rings. The van der Waals surface area contributed by atoms with Crippen molar-refractivity contribution in [2.75, 3.05) is 0 Å². The summed E-state index contributed by atoms with van der Waals surface area (Å²) in [5.74, 6) is 0.905. The fourth-order valence-electron chi connectivity index (χ4n) is 8.62.